The van der Waals surface area contributed by atoms with Gasteiger partial charge in [-0.15, -0.1) is 0 Å². The van der Waals surface area contributed by atoms with Gasteiger partial charge in [0.1, 0.15) is 10.6 Å². The van der Waals surface area contributed by atoms with Gasteiger partial charge in [-0.25, -0.2) is 13.2 Å². The van der Waals surface area contributed by atoms with E-state index in [1.54, 1.807) is 6.92 Å². The number of ether oxygens (including phenoxy) is 1. The van der Waals surface area contributed by atoms with E-state index in [2.05, 4.69) is 0 Å². The van der Waals surface area contributed by atoms with Crippen LogP contribution < -0.4 is 4.74 Å². The van der Waals surface area contributed by atoms with Gasteiger partial charge in [0, 0.05) is 12.6 Å². The first-order valence-corrected chi connectivity index (χ1v) is 8.16. The average molecular weight is 315 g/mol. The summed E-state index contributed by atoms with van der Waals surface area (Å²) in [7, 11) is -2.41. The topological polar surface area (TPSA) is 83.9 Å². The fourth-order valence-corrected chi connectivity index (χ4v) is 3.91. The van der Waals surface area contributed by atoms with Crippen molar-refractivity contribution in [3.8, 4) is 5.75 Å². The highest BCUT2D eigenvalue weighted by atomic mass is 32.2. The fraction of sp³-hybridized carbons (Fsp3) is 0.500. The number of carboxylic acids is 1. The van der Waals surface area contributed by atoms with Crippen LogP contribution in [0.25, 0.3) is 0 Å². The molecule has 1 rings (SSSR count). The van der Waals surface area contributed by atoms with Crippen molar-refractivity contribution in [2.75, 3.05) is 13.7 Å². The summed E-state index contributed by atoms with van der Waals surface area (Å²) in [6.45, 7) is 5.84. The minimum absolute atomic E-state index is 0.0163. The first kappa shape index (κ1) is 17.5. The van der Waals surface area contributed by atoms with Gasteiger partial charge in [-0.1, -0.05) is 13.8 Å². The van der Waals surface area contributed by atoms with Crippen LogP contribution in [0.3, 0.4) is 0 Å². The zero-order valence-electron chi connectivity index (χ0n) is 12.7. The Morgan fingerprint density at radius 1 is 1.38 bits per heavy atom. The van der Waals surface area contributed by atoms with Gasteiger partial charge in [0.2, 0.25) is 10.0 Å². The molecule has 0 bridgehead atoms. The van der Waals surface area contributed by atoms with E-state index in [-0.39, 0.29) is 22.3 Å². The number of benzene rings is 1. The second-order valence-corrected chi connectivity index (χ2v) is 6.50. The lowest BCUT2D eigenvalue weighted by atomic mass is 10.2. The van der Waals surface area contributed by atoms with E-state index in [1.165, 1.54) is 29.6 Å². The Kier molecular flexibility index (Phi) is 5.74. The molecule has 0 amide bonds. The third-order valence-corrected chi connectivity index (χ3v) is 5.52. The average Bonchev–Trinajstić information content (AvgIpc) is 2.46. The summed E-state index contributed by atoms with van der Waals surface area (Å²) in [5.41, 5.74) is -0.0163. The van der Waals surface area contributed by atoms with Crippen molar-refractivity contribution in [2.45, 2.75) is 38.1 Å². The Balaban J connectivity index is 3.40. The van der Waals surface area contributed by atoms with Gasteiger partial charge >= 0.3 is 5.97 Å². The summed E-state index contributed by atoms with van der Waals surface area (Å²) in [4.78, 5) is 10.9. The molecule has 0 aromatic heterocycles. The number of hydrogen-bond donors (Lipinski definition) is 1. The molecule has 0 aliphatic carbocycles. The number of carboxylic acid groups (broad SMARTS) is 1. The maximum absolute atomic E-state index is 12.7. The highest BCUT2D eigenvalue weighted by Gasteiger charge is 2.30. The van der Waals surface area contributed by atoms with Crippen molar-refractivity contribution in [1.29, 1.82) is 0 Å². The van der Waals surface area contributed by atoms with Gasteiger partial charge in [0.15, 0.2) is 0 Å². The predicted octanol–water partition coefficient (Wildman–Crippen LogP) is 2.20. The van der Waals surface area contributed by atoms with Crippen molar-refractivity contribution in [3.63, 3.8) is 0 Å². The molecule has 1 N–H and O–H groups in total. The Morgan fingerprint density at radius 3 is 2.43 bits per heavy atom. The molecule has 0 saturated heterocycles. The molecule has 1 aromatic carbocycles. The van der Waals surface area contributed by atoms with Crippen molar-refractivity contribution in [1.82, 2.24) is 4.31 Å². The molecule has 0 spiro atoms. The molecule has 1 unspecified atom stereocenters. The van der Waals surface area contributed by atoms with Gasteiger partial charge in [-0.3, -0.25) is 0 Å². The largest absolute Gasteiger partial charge is 0.495 e. The van der Waals surface area contributed by atoms with Crippen LogP contribution in [-0.4, -0.2) is 43.5 Å². The number of methoxy groups -OCH3 is 1. The van der Waals surface area contributed by atoms with E-state index in [0.29, 0.717) is 13.0 Å². The lowest BCUT2D eigenvalue weighted by molar-refractivity contribution is 0.0696. The number of nitrogens with zero attached hydrogens (tertiary/aromatic N) is 1. The van der Waals surface area contributed by atoms with E-state index in [4.69, 9.17) is 9.84 Å². The molecule has 21 heavy (non-hydrogen) atoms. The van der Waals surface area contributed by atoms with Gasteiger partial charge in [0.25, 0.3) is 0 Å². The Bertz CT molecular complexity index is 612. The monoisotopic (exact) mass is 315 g/mol. The van der Waals surface area contributed by atoms with Crippen LogP contribution in [0, 0.1) is 0 Å². The van der Waals surface area contributed by atoms with E-state index in [9.17, 15) is 13.2 Å². The lowest BCUT2D eigenvalue weighted by Gasteiger charge is -2.27. The highest BCUT2D eigenvalue weighted by Crippen LogP contribution is 2.29. The smallest absolute Gasteiger partial charge is 0.335 e. The van der Waals surface area contributed by atoms with Crippen LogP contribution in [0.2, 0.25) is 0 Å². The Hall–Kier alpha value is -1.60. The van der Waals surface area contributed by atoms with E-state index in [0.717, 1.165) is 0 Å². The van der Waals surface area contributed by atoms with Gasteiger partial charge in [-0.2, -0.15) is 4.31 Å². The Morgan fingerprint density at radius 2 is 2.00 bits per heavy atom. The summed E-state index contributed by atoms with van der Waals surface area (Å²) in [6, 6.07) is 3.62. The SMILES string of the molecule is CCC(C)N(CC)S(=O)(=O)c1ccc(C(=O)O)cc1OC. The molecule has 0 saturated carbocycles. The third-order valence-electron chi connectivity index (χ3n) is 3.39. The number of aromatic carboxylic acids is 1. The lowest BCUT2D eigenvalue weighted by Crippen LogP contribution is -2.38. The van der Waals surface area contributed by atoms with Gasteiger partial charge in [-0.05, 0) is 31.5 Å². The van der Waals surface area contributed by atoms with Crippen LogP contribution in [0.15, 0.2) is 23.1 Å². The molecular formula is C14H21NO5S. The zero-order valence-corrected chi connectivity index (χ0v) is 13.5. The second-order valence-electron chi connectivity index (χ2n) is 4.64. The first-order chi connectivity index (χ1) is 9.79. The minimum Gasteiger partial charge on any atom is -0.495 e. The van der Waals surface area contributed by atoms with Crippen LogP contribution in [0.4, 0.5) is 0 Å². The number of hydrogen-bond acceptors (Lipinski definition) is 4. The molecule has 0 heterocycles. The number of rotatable bonds is 7. The zero-order chi connectivity index (χ0) is 16.2. The summed E-state index contributed by atoms with van der Waals surface area (Å²) >= 11 is 0. The highest BCUT2D eigenvalue weighted by molar-refractivity contribution is 7.89. The maximum Gasteiger partial charge on any atom is 0.335 e. The number of carbonyl (C=O) groups is 1. The summed E-state index contributed by atoms with van der Waals surface area (Å²) in [5.74, 6) is -1.09. The molecule has 0 aliphatic rings. The first-order valence-electron chi connectivity index (χ1n) is 6.72. The molecule has 1 atom stereocenters. The number of sulfonamides is 1. The second kappa shape index (κ2) is 6.91. The van der Waals surface area contributed by atoms with Gasteiger partial charge in [0.05, 0.1) is 12.7 Å². The van der Waals surface area contributed by atoms with E-state index < -0.39 is 16.0 Å². The van der Waals surface area contributed by atoms with E-state index >= 15 is 0 Å². The van der Waals surface area contributed by atoms with Crippen molar-refractivity contribution in [2.24, 2.45) is 0 Å². The van der Waals surface area contributed by atoms with Crippen molar-refractivity contribution in [3.05, 3.63) is 23.8 Å². The molecule has 1 aromatic rings. The summed E-state index contributed by atoms with van der Waals surface area (Å²) in [6.07, 6.45) is 0.683. The molecular weight excluding hydrogens is 294 g/mol. The predicted molar refractivity (Wildman–Crippen MR) is 79.3 cm³/mol. The third kappa shape index (κ3) is 3.54. The molecule has 0 radical (unpaired) electrons. The van der Waals surface area contributed by atoms with E-state index in [1.807, 2.05) is 13.8 Å². The molecule has 118 valence electrons. The van der Waals surface area contributed by atoms with Crippen LogP contribution in [-0.2, 0) is 10.0 Å². The van der Waals surface area contributed by atoms with Gasteiger partial charge < -0.3 is 9.84 Å². The molecule has 6 nitrogen and oxygen atoms in total. The summed E-state index contributed by atoms with van der Waals surface area (Å²) < 4.78 is 31.9. The quantitative estimate of drug-likeness (QED) is 0.834. The van der Waals surface area contributed by atoms with Crippen LogP contribution in [0.5, 0.6) is 5.75 Å². The van der Waals surface area contributed by atoms with Crippen molar-refractivity contribution >= 4 is 16.0 Å². The maximum atomic E-state index is 12.7. The van der Waals surface area contributed by atoms with Crippen LogP contribution >= 0.6 is 0 Å². The molecule has 0 aliphatic heterocycles. The summed E-state index contributed by atoms with van der Waals surface area (Å²) in [5, 5.41) is 8.96. The normalized spacial score (nSPS) is 13.2. The standard InChI is InChI=1S/C14H21NO5S/c1-5-10(3)15(6-2)21(18,19)13-8-7-11(14(16)17)9-12(13)20-4/h7-10H,5-6H2,1-4H3,(H,16,17). The fourth-order valence-electron chi connectivity index (χ4n) is 2.06. The minimum atomic E-state index is -3.73. The van der Waals surface area contributed by atoms with Crippen molar-refractivity contribution < 1.29 is 23.1 Å². The Labute approximate surface area is 125 Å². The molecule has 7 heteroatoms. The van der Waals surface area contributed by atoms with Crippen LogP contribution in [0.1, 0.15) is 37.6 Å². The molecule has 0 fully saturated rings.